The molecule has 9 nitrogen and oxygen atoms in total. The van der Waals surface area contributed by atoms with Gasteiger partial charge in [0.15, 0.2) is 0 Å². The number of nitrogens with zero attached hydrogens (tertiary/aromatic N) is 4. The number of para-hydroxylation sites is 1. The van der Waals surface area contributed by atoms with Crippen molar-refractivity contribution >= 4 is 28.5 Å². The fourth-order valence-electron chi connectivity index (χ4n) is 5.22. The fraction of sp³-hybridized carbons (Fsp3) is 0.333. The number of hydrogen-bond acceptors (Lipinski definition) is 6. The van der Waals surface area contributed by atoms with Gasteiger partial charge in [0, 0.05) is 6.04 Å². The van der Waals surface area contributed by atoms with Gasteiger partial charge in [0.25, 0.3) is 0 Å². The molecule has 1 heterocycles. The number of anilines is 1. The number of benzene rings is 3. The monoisotopic (exact) mass is 527 g/mol. The zero-order chi connectivity index (χ0) is 27.4. The molecule has 1 aromatic heterocycles. The summed E-state index contributed by atoms with van der Waals surface area (Å²) in [4.78, 5) is 29.9. The number of methoxy groups -OCH3 is 2. The van der Waals surface area contributed by atoms with E-state index in [1.54, 1.807) is 25.0 Å². The molecular formula is C30H33N5O4. The van der Waals surface area contributed by atoms with E-state index in [4.69, 9.17) is 9.47 Å². The molecule has 1 N–H and O–H groups in total. The van der Waals surface area contributed by atoms with Gasteiger partial charge in [0.2, 0.25) is 11.8 Å². The zero-order valence-electron chi connectivity index (χ0n) is 22.5. The van der Waals surface area contributed by atoms with Crippen LogP contribution in [0.3, 0.4) is 0 Å². The lowest BCUT2D eigenvalue weighted by molar-refractivity contribution is -0.127. The standard InChI is InChI=1S/C30H33N5O4/c1-20-15-16-27(39-3)26(17-20)35(28(36)19-34-25-14-7-6-13-24(25)32-33-34)29(21-9-8-12-23(18-21)38-2)30(37)31-22-10-4-5-11-22/h6-9,12-18,22,29H,4-5,10-11,19H2,1-3H3,(H,31,37)/t29-/m0/s1. The smallest absolute Gasteiger partial charge is 0.249 e. The van der Waals surface area contributed by atoms with Crippen molar-refractivity contribution in [3.63, 3.8) is 0 Å². The molecule has 1 saturated carbocycles. The van der Waals surface area contributed by atoms with Crippen LogP contribution in [0, 0.1) is 6.92 Å². The second kappa shape index (κ2) is 11.6. The van der Waals surface area contributed by atoms with Crippen molar-refractivity contribution in [2.24, 2.45) is 0 Å². The number of amides is 2. The van der Waals surface area contributed by atoms with Crippen molar-refractivity contribution < 1.29 is 19.1 Å². The molecule has 1 aliphatic rings. The number of nitrogens with one attached hydrogen (secondary N) is 1. The van der Waals surface area contributed by atoms with Gasteiger partial charge in [0.05, 0.1) is 25.4 Å². The molecule has 39 heavy (non-hydrogen) atoms. The van der Waals surface area contributed by atoms with E-state index in [1.165, 1.54) is 4.90 Å². The van der Waals surface area contributed by atoms with Gasteiger partial charge in [0.1, 0.15) is 29.6 Å². The first kappa shape index (κ1) is 26.2. The molecule has 0 unspecified atom stereocenters. The second-order valence-corrected chi connectivity index (χ2v) is 9.84. The molecule has 0 spiro atoms. The third-order valence-electron chi connectivity index (χ3n) is 7.19. The number of ether oxygens (including phenoxy) is 2. The molecule has 0 saturated heterocycles. The van der Waals surface area contributed by atoms with Crippen LogP contribution in [0.25, 0.3) is 11.0 Å². The Morgan fingerprint density at radius 2 is 1.82 bits per heavy atom. The lowest BCUT2D eigenvalue weighted by atomic mass is 10.0. The summed E-state index contributed by atoms with van der Waals surface area (Å²) in [6.45, 7) is 1.82. The van der Waals surface area contributed by atoms with E-state index in [0.29, 0.717) is 28.3 Å². The minimum absolute atomic E-state index is 0.0706. The lowest BCUT2D eigenvalue weighted by Gasteiger charge is -2.33. The molecule has 0 bridgehead atoms. The summed E-state index contributed by atoms with van der Waals surface area (Å²) < 4.78 is 12.7. The highest BCUT2D eigenvalue weighted by atomic mass is 16.5. The number of fused-ring (bicyclic) bond motifs is 1. The first-order chi connectivity index (χ1) is 19.0. The Hall–Kier alpha value is -4.40. The number of carbonyl (C=O) groups is 2. The van der Waals surface area contributed by atoms with Crippen molar-refractivity contribution in [2.75, 3.05) is 19.1 Å². The molecule has 0 radical (unpaired) electrons. The molecule has 1 aliphatic carbocycles. The number of hydrogen-bond donors (Lipinski definition) is 1. The summed E-state index contributed by atoms with van der Waals surface area (Å²) >= 11 is 0. The van der Waals surface area contributed by atoms with Gasteiger partial charge in [-0.15, -0.1) is 5.10 Å². The van der Waals surface area contributed by atoms with Crippen LogP contribution in [0.1, 0.15) is 42.9 Å². The Bertz CT molecular complexity index is 1480. The average Bonchev–Trinajstić information content (AvgIpc) is 3.61. The van der Waals surface area contributed by atoms with Gasteiger partial charge < -0.3 is 14.8 Å². The average molecular weight is 528 g/mol. The van der Waals surface area contributed by atoms with Gasteiger partial charge in [-0.1, -0.05) is 48.4 Å². The highest BCUT2D eigenvalue weighted by Crippen LogP contribution is 2.37. The van der Waals surface area contributed by atoms with E-state index in [0.717, 1.165) is 36.8 Å². The molecule has 2 amide bonds. The van der Waals surface area contributed by atoms with Crippen LogP contribution in [0.5, 0.6) is 11.5 Å². The predicted octanol–water partition coefficient (Wildman–Crippen LogP) is 4.59. The van der Waals surface area contributed by atoms with Gasteiger partial charge in [-0.2, -0.15) is 0 Å². The number of carbonyl (C=O) groups excluding carboxylic acids is 2. The van der Waals surface area contributed by atoms with Crippen LogP contribution >= 0.6 is 0 Å². The van der Waals surface area contributed by atoms with Crippen molar-refractivity contribution in [3.05, 3.63) is 77.9 Å². The van der Waals surface area contributed by atoms with Crippen LogP contribution in [0.4, 0.5) is 5.69 Å². The second-order valence-electron chi connectivity index (χ2n) is 9.84. The molecule has 4 aromatic rings. The third kappa shape index (κ3) is 5.57. The van der Waals surface area contributed by atoms with Crippen LogP contribution < -0.4 is 19.7 Å². The molecule has 202 valence electrons. The summed E-state index contributed by atoms with van der Waals surface area (Å²) in [5.74, 6) is 0.496. The Labute approximate surface area is 227 Å². The van der Waals surface area contributed by atoms with Gasteiger partial charge >= 0.3 is 0 Å². The normalized spacial score (nSPS) is 14.2. The van der Waals surface area contributed by atoms with E-state index in [1.807, 2.05) is 67.6 Å². The van der Waals surface area contributed by atoms with E-state index in [-0.39, 0.29) is 24.4 Å². The van der Waals surface area contributed by atoms with Crippen molar-refractivity contribution in [2.45, 2.75) is 51.2 Å². The highest BCUT2D eigenvalue weighted by Gasteiger charge is 2.36. The number of aryl methyl sites for hydroxylation is 1. The summed E-state index contributed by atoms with van der Waals surface area (Å²) in [5, 5.41) is 11.6. The first-order valence-corrected chi connectivity index (χ1v) is 13.2. The van der Waals surface area contributed by atoms with E-state index >= 15 is 0 Å². The first-order valence-electron chi connectivity index (χ1n) is 13.2. The maximum Gasteiger partial charge on any atom is 0.249 e. The van der Waals surface area contributed by atoms with Crippen molar-refractivity contribution in [3.8, 4) is 11.5 Å². The Balaban J connectivity index is 1.64. The minimum atomic E-state index is -0.973. The Kier molecular flexibility index (Phi) is 7.76. The maximum absolute atomic E-state index is 14.3. The zero-order valence-corrected chi connectivity index (χ0v) is 22.5. The van der Waals surface area contributed by atoms with Gasteiger partial charge in [-0.25, -0.2) is 4.68 Å². The van der Waals surface area contributed by atoms with Crippen LogP contribution in [-0.4, -0.2) is 47.1 Å². The van der Waals surface area contributed by atoms with Crippen LogP contribution in [-0.2, 0) is 16.1 Å². The molecular weight excluding hydrogens is 494 g/mol. The number of aromatic nitrogens is 3. The van der Waals surface area contributed by atoms with Crippen LogP contribution in [0.2, 0.25) is 0 Å². The van der Waals surface area contributed by atoms with E-state index in [9.17, 15) is 9.59 Å². The maximum atomic E-state index is 14.3. The molecule has 1 atom stereocenters. The van der Waals surface area contributed by atoms with E-state index in [2.05, 4.69) is 15.6 Å². The molecule has 3 aromatic carbocycles. The summed E-state index contributed by atoms with van der Waals surface area (Å²) in [6, 6.07) is 19.4. The summed E-state index contributed by atoms with van der Waals surface area (Å²) in [6.07, 6.45) is 3.98. The van der Waals surface area contributed by atoms with E-state index < -0.39 is 6.04 Å². The van der Waals surface area contributed by atoms with Gasteiger partial charge in [-0.05, 0) is 67.3 Å². The van der Waals surface area contributed by atoms with Crippen LogP contribution in [0.15, 0.2) is 66.7 Å². The number of rotatable bonds is 9. The molecule has 1 fully saturated rings. The Morgan fingerprint density at radius 1 is 1.03 bits per heavy atom. The molecule has 5 rings (SSSR count). The lowest BCUT2D eigenvalue weighted by Crippen LogP contribution is -2.47. The molecule has 0 aliphatic heterocycles. The Morgan fingerprint density at radius 3 is 2.59 bits per heavy atom. The quantitative estimate of drug-likeness (QED) is 0.342. The molecule has 9 heteroatoms. The minimum Gasteiger partial charge on any atom is -0.497 e. The summed E-state index contributed by atoms with van der Waals surface area (Å²) in [5.41, 5.74) is 3.48. The third-order valence-corrected chi connectivity index (χ3v) is 7.19. The fourth-order valence-corrected chi connectivity index (χ4v) is 5.22. The van der Waals surface area contributed by atoms with Gasteiger partial charge in [-0.3, -0.25) is 14.5 Å². The summed E-state index contributed by atoms with van der Waals surface area (Å²) in [7, 11) is 3.13. The topological polar surface area (TPSA) is 98.6 Å². The highest BCUT2D eigenvalue weighted by molar-refractivity contribution is 6.02. The van der Waals surface area contributed by atoms with Crippen molar-refractivity contribution in [1.82, 2.24) is 20.3 Å². The largest absolute Gasteiger partial charge is 0.497 e. The van der Waals surface area contributed by atoms with Crippen molar-refractivity contribution in [1.29, 1.82) is 0 Å². The predicted molar refractivity (Wildman–Crippen MR) is 149 cm³/mol. The SMILES string of the molecule is COc1cccc([C@@H](C(=O)NC2CCCC2)N(C(=O)Cn2nnc3ccccc32)c2cc(C)ccc2OC)c1.